The maximum absolute atomic E-state index is 13.0. The van der Waals surface area contributed by atoms with Crippen LogP contribution < -0.4 is 10.6 Å². The van der Waals surface area contributed by atoms with Crippen LogP contribution in [-0.2, 0) is 19.1 Å². The molecule has 160 valence electrons. The Kier molecular flexibility index (Phi) is 5.35. The van der Waals surface area contributed by atoms with Gasteiger partial charge in [0.1, 0.15) is 11.5 Å². The van der Waals surface area contributed by atoms with Crippen molar-refractivity contribution in [2.45, 2.75) is 5.92 Å². The molecule has 3 aromatic rings. The summed E-state index contributed by atoms with van der Waals surface area (Å²) >= 11 is 0. The zero-order valence-corrected chi connectivity index (χ0v) is 17.3. The van der Waals surface area contributed by atoms with Gasteiger partial charge in [0.2, 0.25) is 0 Å². The van der Waals surface area contributed by atoms with E-state index in [1.165, 1.54) is 19.1 Å². The lowest BCUT2D eigenvalue weighted by Crippen LogP contribution is -2.40. The highest BCUT2D eigenvalue weighted by atomic mass is 16.5. The number of nitriles is 1. The van der Waals surface area contributed by atoms with Gasteiger partial charge in [-0.05, 0) is 23.8 Å². The van der Waals surface area contributed by atoms with Gasteiger partial charge in [-0.25, -0.2) is 9.59 Å². The minimum Gasteiger partial charge on any atom is -0.466 e. The molecule has 0 bridgehead atoms. The maximum Gasteiger partial charge on any atom is 0.355 e. The van der Waals surface area contributed by atoms with Gasteiger partial charge in [-0.15, -0.1) is 0 Å². The molecule has 1 aliphatic heterocycles. The number of aromatic nitrogens is 2. The minimum absolute atomic E-state index is 0.0113. The molecule has 0 fully saturated rings. The van der Waals surface area contributed by atoms with E-state index in [0.717, 1.165) is 10.9 Å². The summed E-state index contributed by atoms with van der Waals surface area (Å²) in [5.74, 6) is -2.46. The highest BCUT2D eigenvalue weighted by molar-refractivity contribution is 6.06. The molecule has 3 N–H and O–H groups in total. The summed E-state index contributed by atoms with van der Waals surface area (Å²) in [5.41, 5.74) is 8.25. The zero-order valence-electron chi connectivity index (χ0n) is 17.3. The SMILES string of the molecule is COC(=O)C1=C(C(=O)OC)N(c2ccc3[nH]ncc3c2)C(N)=C(C#N)C1c1ccccc1. The first kappa shape index (κ1) is 20.7. The number of fused-ring (bicyclic) bond motifs is 1. The number of esters is 2. The van der Waals surface area contributed by atoms with E-state index in [4.69, 9.17) is 15.2 Å². The fourth-order valence-electron chi connectivity index (χ4n) is 3.85. The number of aromatic amines is 1. The zero-order chi connectivity index (χ0) is 22.8. The molecule has 2 heterocycles. The lowest BCUT2D eigenvalue weighted by atomic mass is 9.81. The Hall–Kier alpha value is -4.58. The molecule has 0 aliphatic carbocycles. The van der Waals surface area contributed by atoms with Crippen molar-refractivity contribution in [3.8, 4) is 6.07 Å². The van der Waals surface area contributed by atoms with E-state index >= 15 is 0 Å². The number of carbonyl (C=O) groups is 2. The summed E-state index contributed by atoms with van der Waals surface area (Å²) in [6, 6.07) is 16.2. The van der Waals surface area contributed by atoms with Crippen LogP contribution >= 0.6 is 0 Å². The lowest BCUT2D eigenvalue weighted by molar-refractivity contribution is -0.139. The van der Waals surface area contributed by atoms with Gasteiger partial charge in [0.15, 0.2) is 0 Å². The quantitative estimate of drug-likeness (QED) is 0.604. The van der Waals surface area contributed by atoms with Crippen molar-refractivity contribution in [1.29, 1.82) is 5.26 Å². The number of nitrogens with zero attached hydrogens (tertiary/aromatic N) is 3. The second-order valence-corrected chi connectivity index (χ2v) is 6.98. The Morgan fingerprint density at radius 2 is 1.84 bits per heavy atom. The Labute approximate surface area is 183 Å². The van der Waals surface area contributed by atoms with Gasteiger partial charge < -0.3 is 15.2 Å². The van der Waals surface area contributed by atoms with Gasteiger partial charge in [0.05, 0.1) is 49.1 Å². The molecular formula is C23H19N5O4. The van der Waals surface area contributed by atoms with E-state index in [9.17, 15) is 14.9 Å². The summed E-state index contributed by atoms with van der Waals surface area (Å²) in [6.07, 6.45) is 1.61. The van der Waals surface area contributed by atoms with Crippen LogP contribution in [0.4, 0.5) is 5.69 Å². The largest absolute Gasteiger partial charge is 0.466 e. The molecule has 4 rings (SSSR count). The maximum atomic E-state index is 13.0. The number of H-pyrrole nitrogens is 1. The summed E-state index contributed by atoms with van der Waals surface area (Å²) in [4.78, 5) is 27.3. The molecule has 0 radical (unpaired) electrons. The number of nitrogens with two attached hydrogens (primary N) is 1. The van der Waals surface area contributed by atoms with Crippen molar-refractivity contribution in [3.05, 3.63) is 83.0 Å². The number of anilines is 1. The number of benzene rings is 2. The van der Waals surface area contributed by atoms with Crippen molar-refractivity contribution in [3.63, 3.8) is 0 Å². The molecule has 1 aromatic heterocycles. The summed E-state index contributed by atoms with van der Waals surface area (Å²) < 4.78 is 10.0. The Morgan fingerprint density at radius 1 is 1.12 bits per heavy atom. The van der Waals surface area contributed by atoms with Gasteiger partial charge in [-0.3, -0.25) is 10.00 Å². The molecule has 0 spiro atoms. The Bertz CT molecular complexity index is 1320. The van der Waals surface area contributed by atoms with Gasteiger partial charge in [-0.2, -0.15) is 10.4 Å². The fourth-order valence-corrected chi connectivity index (χ4v) is 3.85. The van der Waals surface area contributed by atoms with E-state index < -0.39 is 17.9 Å². The number of allylic oxidation sites excluding steroid dienone is 1. The molecule has 9 nitrogen and oxygen atoms in total. The third-order valence-electron chi connectivity index (χ3n) is 5.29. The van der Waals surface area contributed by atoms with Crippen molar-refractivity contribution >= 4 is 28.5 Å². The van der Waals surface area contributed by atoms with Crippen LogP contribution in [-0.4, -0.2) is 36.4 Å². The van der Waals surface area contributed by atoms with Gasteiger partial charge in [-0.1, -0.05) is 30.3 Å². The first-order chi connectivity index (χ1) is 15.5. The molecule has 1 atom stereocenters. The number of nitrogens with one attached hydrogen (secondary N) is 1. The number of rotatable bonds is 4. The van der Waals surface area contributed by atoms with Crippen molar-refractivity contribution in [2.24, 2.45) is 5.73 Å². The molecule has 9 heteroatoms. The number of hydrogen-bond acceptors (Lipinski definition) is 8. The molecular weight excluding hydrogens is 410 g/mol. The standard InChI is InChI=1S/C23H19N5O4/c1-31-22(29)19-18(13-6-4-3-5-7-13)16(11-24)21(25)28(20(19)23(30)32-2)15-8-9-17-14(10-15)12-26-27-17/h3-10,12,18H,25H2,1-2H3,(H,26,27). The lowest BCUT2D eigenvalue weighted by Gasteiger charge is -2.35. The third-order valence-corrected chi connectivity index (χ3v) is 5.29. The normalized spacial score (nSPS) is 16.2. The summed E-state index contributed by atoms with van der Waals surface area (Å²) in [5, 5.41) is 17.6. The summed E-state index contributed by atoms with van der Waals surface area (Å²) in [6.45, 7) is 0. The van der Waals surface area contributed by atoms with Crippen LogP contribution in [0.25, 0.3) is 10.9 Å². The fraction of sp³-hybridized carbons (Fsp3) is 0.130. The molecule has 1 unspecified atom stereocenters. The Morgan fingerprint density at radius 3 is 2.50 bits per heavy atom. The molecule has 2 aromatic carbocycles. The van der Waals surface area contributed by atoms with E-state index in [1.807, 2.05) is 0 Å². The van der Waals surface area contributed by atoms with E-state index in [0.29, 0.717) is 11.3 Å². The second-order valence-electron chi connectivity index (χ2n) is 6.98. The average molecular weight is 429 g/mol. The summed E-state index contributed by atoms with van der Waals surface area (Å²) in [7, 11) is 2.42. The van der Waals surface area contributed by atoms with Crippen LogP contribution in [0.2, 0.25) is 0 Å². The number of hydrogen-bond donors (Lipinski definition) is 2. The molecule has 1 aliphatic rings. The molecule has 0 amide bonds. The van der Waals surface area contributed by atoms with Gasteiger partial charge >= 0.3 is 11.9 Å². The first-order valence-electron chi connectivity index (χ1n) is 9.60. The molecule has 0 saturated carbocycles. The molecule has 0 saturated heterocycles. The predicted octanol–water partition coefficient (Wildman–Crippen LogP) is 2.46. The highest BCUT2D eigenvalue weighted by Gasteiger charge is 2.42. The minimum atomic E-state index is -0.906. The number of carbonyl (C=O) groups excluding carboxylic acids is 2. The van der Waals surface area contributed by atoms with Crippen molar-refractivity contribution < 1.29 is 19.1 Å². The molecule has 32 heavy (non-hydrogen) atoms. The van der Waals surface area contributed by atoms with Crippen LogP contribution in [0, 0.1) is 11.3 Å². The highest BCUT2D eigenvalue weighted by Crippen LogP contribution is 2.43. The third kappa shape index (κ3) is 3.24. The van der Waals surface area contributed by atoms with Crippen LogP contribution in [0.5, 0.6) is 0 Å². The monoisotopic (exact) mass is 429 g/mol. The average Bonchev–Trinajstić information content (AvgIpc) is 3.30. The van der Waals surface area contributed by atoms with E-state index in [1.54, 1.807) is 54.7 Å². The van der Waals surface area contributed by atoms with Gasteiger partial charge in [0, 0.05) is 11.1 Å². The van der Waals surface area contributed by atoms with Crippen LogP contribution in [0.3, 0.4) is 0 Å². The second kappa shape index (κ2) is 8.28. The van der Waals surface area contributed by atoms with Crippen LogP contribution in [0.15, 0.2) is 77.4 Å². The van der Waals surface area contributed by atoms with Crippen molar-refractivity contribution in [2.75, 3.05) is 19.1 Å². The van der Waals surface area contributed by atoms with E-state index in [-0.39, 0.29) is 22.7 Å². The van der Waals surface area contributed by atoms with Crippen molar-refractivity contribution in [1.82, 2.24) is 10.2 Å². The predicted molar refractivity (Wildman–Crippen MR) is 116 cm³/mol. The van der Waals surface area contributed by atoms with Gasteiger partial charge in [0.25, 0.3) is 0 Å². The Balaban J connectivity index is 2.06. The van der Waals surface area contributed by atoms with Crippen LogP contribution in [0.1, 0.15) is 11.5 Å². The number of ether oxygens (including phenoxy) is 2. The topological polar surface area (TPSA) is 134 Å². The first-order valence-corrected chi connectivity index (χ1v) is 9.60. The number of methoxy groups -OCH3 is 2. The van der Waals surface area contributed by atoms with E-state index in [2.05, 4.69) is 16.3 Å². The smallest absolute Gasteiger partial charge is 0.355 e.